The van der Waals surface area contributed by atoms with E-state index in [9.17, 15) is 19.1 Å². The van der Waals surface area contributed by atoms with Crippen LogP contribution in [0.5, 0.6) is 5.75 Å². The fourth-order valence-electron chi connectivity index (χ4n) is 4.11. The predicted octanol–water partition coefficient (Wildman–Crippen LogP) is 5.16. The number of pyridine rings is 1. The van der Waals surface area contributed by atoms with Crippen molar-refractivity contribution in [2.45, 2.75) is 6.42 Å². The molecule has 0 unspecified atom stereocenters. The quantitative estimate of drug-likeness (QED) is 0.309. The van der Waals surface area contributed by atoms with E-state index in [1.807, 2.05) is 6.07 Å². The van der Waals surface area contributed by atoms with Gasteiger partial charge in [-0.15, -0.1) is 37.2 Å². The summed E-state index contributed by atoms with van der Waals surface area (Å²) in [6.45, 7) is 3.40. The van der Waals surface area contributed by atoms with E-state index in [2.05, 4.69) is 32.5 Å². The number of hydrogen-bond donors (Lipinski definition) is 3. The van der Waals surface area contributed by atoms with Crippen LogP contribution in [0, 0.1) is 5.82 Å². The van der Waals surface area contributed by atoms with Gasteiger partial charge in [0.25, 0.3) is 11.8 Å². The van der Waals surface area contributed by atoms with Crippen molar-refractivity contribution in [1.82, 2.24) is 9.88 Å². The molecule has 1 saturated heterocycles. The molecule has 3 N–H and O–H groups in total. The lowest BCUT2D eigenvalue weighted by atomic mass is 10.1. The minimum absolute atomic E-state index is 0. The lowest BCUT2D eigenvalue weighted by molar-refractivity contribution is 0.102. The van der Waals surface area contributed by atoms with Crippen LogP contribution in [0.4, 0.5) is 21.6 Å². The van der Waals surface area contributed by atoms with Crippen LogP contribution < -0.4 is 20.3 Å². The third-order valence-corrected chi connectivity index (χ3v) is 6.31. The number of rotatable bonds is 8. The monoisotopic (exact) mass is 649 g/mol. The number of carbonyl (C=O) groups is 2. The molecule has 0 atom stereocenters. The Bertz CT molecular complexity index is 1300. The van der Waals surface area contributed by atoms with Crippen molar-refractivity contribution in [3.05, 3.63) is 76.7 Å². The van der Waals surface area contributed by atoms with E-state index in [4.69, 9.17) is 16.3 Å². The summed E-state index contributed by atoms with van der Waals surface area (Å²) in [6, 6.07) is 11.8. The number of aliphatic hydroxyl groups excluding tert-OH is 1. The molecule has 0 bridgehead atoms. The van der Waals surface area contributed by atoms with Crippen LogP contribution >= 0.6 is 48.8 Å². The fourth-order valence-corrected chi connectivity index (χ4v) is 4.22. The Morgan fingerprint density at radius 1 is 0.976 bits per heavy atom. The van der Waals surface area contributed by atoms with Crippen LogP contribution in [0.1, 0.15) is 27.1 Å². The summed E-state index contributed by atoms with van der Waals surface area (Å²) in [5, 5.41) is 15.0. The summed E-state index contributed by atoms with van der Waals surface area (Å²) in [6.07, 6.45) is 2.37. The number of nitrogens with zero attached hydrogens (tertiary/aromatic N) is 3. The van der Waals surface area contributed by atoms with E-state index in [-0.39, 0.29) is 73.1 Å². The van der Waals surface area contributed by atoms with Crippen LogP contribution in [-0.2, 0) is 0 Å². The molecule has 1 aliphatic rings. The molecule has 0 radical (unpaired) electrons. The molecule has 41 heavy (non-hydrogen) atoms. The molecule has 1 aliphatic heterocycles. The molecule has 1 aromatic heterocycles. The second-order valence-electron chi connectivity index (χ2n) is 8.86. The van der Waals surface area contributed by atoms with Crippen molar-refractivity contribution in [2.75, 3.05) is 62.0 Å². The van der Waals surface area contributed by atoms with Gasteiger partial charge in [0.2, 0.25) is 0 Å². The number of ether oxygens (including phenoxy) is 1. The minimum atomic E-state index is -0.659. The number of benzene rings is 2. The van der Waals surface area contributed by atoms with Crippen molar-refractivity contribution >= 4 is 77.8 Å². The molecule has 1 fully saturated rings. The molecule has 2 aromatic carbocycles. The van der Waals surface area contributed by atoms with E-state index in [1.165, 1.54) is 18.3 Å². The van der Waals surface area contributed by atoms with Crippen molar-refractivity contribution < 1.29 is 23.8 Å². The topological polar surface area (TPSA) is 107 Å². The predicted molar refractivity (Wildman–Crippen MR) is 167 cm³/mol. The fraction of sp³-hybridized carbons (Fsp3) is 0.296. The van der Waals surface area contributed by atoms with E-state index >= 15 is 0 Å². The van der Waals surface area contributed by atoms with Gasteiger partial charge in [0, 0.05) is 37.6 Å². The molecule has 0 spiro atoms. The molecule has 3 aromatic rings. The molecule has 4 rings (SSSR count). The van der Waals surface area contributed by atoms with E-state index in [1.54, 1.807) is 18.2 Å². The summed E-state index contributed by atoms with van der Waals surface area (Å²) in [5.41, 5.74) is 1.14. The average molecular weight is 651 g/mol. The van der Waals surface area contributed by atoms with Crippen molar-refractivity contribution in [3.8, 4) is 5.75 Å². The largest absolute Gasteiger partial charge is 0.490 e. The number of nitrogens with one attached hydrogen (secondary N) is 2. The highest BCUT2D eigenvalue weighted by Gasteiger charge is 2.21. The highest BCUT2D eigenvalue weighted by atomic mass is 35.5. The second kappa shape index (κ2) is 17.2. The maximum absolute atomic E-state index is 14.1. The van der Waals surface area contributed by atoms with Gasteiger partial charge < -0.3 is 30.3 Å². The normalized spacial score (nSPS) is 13.0. The van der Waals surface area contributed by atoms with Crippen LogP contribution in [0.3, 0.4) is 0 Å². The van der Waals surface area contributed by atoms with Gasteiger partial charge in [0.1, 0.15) is 24.0 Å². The number of halogens is 5. The van der Waals surface area contributed by atoms with Crippen LogP contribution in [0.25, 0.3) is 0 Å². The Morgan fingerprint density at radius 2 is 1.73 bits per heavy atom. The second-order valence-corrected chi connectivity index (χ2v) is 9.29. The van der Waals surface area contributed by atoms with Crippen LogP contribution in [0.15, 0.2) is 54.7 Å². The number of anilines is 3. The first kappa shape index (κ1) is 36.2. The zero-order chi connectivity index (χ0) is 27.1. The SMILES string of the molecule is CN1CCCN(c2ccc(C(=O)Nc3ccc(F)cc3C(=O)Nc3ccc(Cl)cn3)c(OCCO)c2)CC1.Cl.Cl.Cl. The molecule has 9 nitrogen and oxygen atoms in total. The standard InChI is InChI=1S/C27H29ClFN5O4.3ClH/c1-33-9-2-10-34(12-11-33)20-5-6-21(24(16-20)38-14-13-35)26(36)31-23-7-4-19(29)15-22(23)27(37)32-25-8-3-18(28)17-30-25;;;/h3-8,15-17,35H,2,9-14H2,1H3,(H,31,36)(H,30,32,37);3*1H. The Labute approximate surface area is 261 Å². The first-order valence-corrected chi connectivity index (χ1v) is 12.6. The summed E-state index contributed by atoms with van der Waals surface area (Å²) in [4.78, 5) is 34.7. The number of aliphatic hydroxyl groups is 1. The van der Waals surface area contributed by atoms with Gasteiger partial charge in [0.05, 0.1) is 28.4 Å². The van der Waals surface area contributed by atoms with Gasteiger partial charge in [0.15, 0.2) is 0 Å². The van der Waals surface area contributed by atoms with E-state index in [0.717, 1.165) is 50.4 Å². The van der Waals surface area contributed by atoms with E-state index < -0.39 is 17.6 Å². The first-order chi connectivity index (χ1) is 18.3. The van der Waals surface area contributed by atoms with Crippen molar-refractivity contribution in [1.29, 1.82) is 0 Å². The highest BCUT2D eigenvalue weighted by molar-refractivity contribution is 6.30. The number of aromatic nitrogens is 1. The Hall–Kier alpha value is -2.86. The number of amides is 2. The Morgan fingerprint density at radius 3 is 2.44 bits per heavy atom. The zero-order valence-electron chi connectivity index (χ0n) is 22.1. The zero-order valence-corrected chi connectivity index (χ0v) is 25.3. The highest BCUT2D eigenvalue weighted by Crippen LogP contribution is 2.29. The summed E-state index contributed by atoms with van der Waals surface area (Å²) >= 11 is 5.84. The van der Waals surface area contributed by atoms with E-state index in [0.29, 0.717) is 10.8 Å². The third-order valence-electron chi connectivity index (χ3n) is 6.09. The van der Waals surface area contributed by atoms with Crippen molar-refractivity contribution in [2.24, 2.45) is 0 Å². The number of carbonyl (C=O) groups excluding carboxylic acids is 2. The van der Waals surface area contributed by atoms with Gasteiger partial charge in [-0.2, -0.15) is 0 Å². The summed E-state index contributed by atoms with van der Waals surface area (Å²) in [7, 11) is 2.09. The minimum Gasteiger partial charge on any atom is -0.490 e. The van der Waals surface area contributed by atoms with Crippen LogP contribution in [0.2, 0.25) is 5.02 Å². The molecule has 0 aliphatic carbocycles. The van der Waals surface area contributed by atoms with Gasteiger partial charge >= 0.3 is 0 Å². The molecular weight excluding hydrogens is 619 g/mol. The molecule has 2 heterocycles. The molecule has 224 valence electrons. The Kier molecular flexibility index (Phi) is 15.2. The maximum Gasteiger partial charge on any atom is 0.259 e. The molecular formula is C27H32Cl4FN5O4. The third kappa shape index (κ3) is 9.88. The lowest BCUT2D eigenvalue weighted by Crippen LogP contribution is -2.28. The lowest BCUT2D eigenvalue weighted by Gasteiger charge is -2.24. The summed E-state index contributed by atoms with van der Waals surface area (Å²) < 4.78 is 19.8. The number of hydrogen-bond acceptors (Lipinski definition) is 7. The maximum atomic E-state index is 14.1. The number of likely N-dealkylation sites (N-methyl/N-ethyl adjacent to an activating group) is 1. The van der Waals surface area contributed by atoms with Gasteiger partial charge in [-0.3, -0.25) is 9.59 Å². The molecule has 0 saturated carbocycles. The van der Waals surface area contributed by atoms with Gasteiger partial charge in [-0.05, 0) is 62.5 Å². The smallest absolute Gasteiger partial charge is 0.259 e. The van der Waals surface area contributed by atoms with Crippen LogP contribution in [-0.4, -0.2) is 73.2 Å². The molecule has 14 heteroatoms. The molecule has 2 amide bonds. The average Bonchev–Trinajstić information content (AvgIpc) is 3.13. The van der Waals surface area contributed by atoms with Crippen molar-refractivity contribution in [3.63, 3.8) is 0 Å². The van der Waals surface area contributed by atoms with Gasteiger partial charge in [-0.25, -0.2) is 9.37 Å². The van der Waals surface area contributed by atoms with Gasteiger partial charge in [-0.1, -0.05) is 11.6 Å². The first-order valence-electron chi connectivity index (χ1n) is 12.2. The summed E-state index contributed by atoms with van der Waals surface area (Å²) in [5.74, 6) is -1.34. The Balaban J connectivity index is 0.00000280.